The van der Waals surface area contributed by atoms with E-state index in [-0.39, 0.29) is 5.82 Å². The van der Waals surface area contributed by atoms with Gasteiger partial charge in [-0.3, -0.25) is 9.89 Å². The van der Waals surface area contributed by atoms with Gasteiger partial charge in [0, 0.05) is 10.9 Å². The maximum atomic E-state index is 14.7. The van der Waals surface area contributed by atoms with Crippen LogP contribution in [0.2, 0.25) is 0 Å². The fourth-order valence-electron chi connectivity index (χ4n) is 3.25. The van der Waals surface area contributed by atoms with E-state index in [1.807, 2.05) is 0 Å². The molecule has 1 N–H and O–H groups in total. The molecular weight excluding hydrogens is 350 g/mol. The van der Waals surface area contributed by atoms with Gasteiger partial charge in [0.05, 0.1) is 19.2 Å². The number of esters is 1. The highest BCUT2D eigenvalue weighted by atomic mass is 19.1. The molecule has 0 saturated carbocycles. The van der Waals surface area contributed by atoms with Crippen molar-refractivity contribution in [3.63, 3.8) is 0 Å². The van der Waals surface area contributed by atoms with E-state index in [9.17, 15) is 13.6 Å². The molecule has 1 atom stereocenters. The summed E-state index contributed by atoms with van der Waals surface area (Å²) in [4.78, 5) is 12.3. The van der Waals surface area contributed by atoms with E-state index >= 15 is 0 Å². The minimum atomic E-state index is -0.651. The molecule has 0 amide bonds. The molecule has 0 aliphatic rings. The quantitative estimate of drug-likeness (QED) is 0.628. The van der Waals surface area contributed by atoms with Crippen LogP contribution < -0.4 is 0 Å². The average molecular weight is 370 g/mol. The zero-order valence-electron chi connectivity index (χ0n) is 15.2. The second kappa shape index (κ2) is 7.70. The second-order valence-electron chi connectivity index (χ2n) is 6.43. The summed E-state index contributed by atoms with van der Waals surface area (Å²) in [7, 11) is 1.30. The maximum absolute atomic E-state index is 14.7. The Morgan fingerprint density at radius 1 is 1.30 bits per heavy atom. The van der Waals surface area contributed by atoms with Crippen LogP contribution in [0.3, 0.4) is 0 Å². The SMILES string of the molecule is C=C(CC[C@@H](C(=O)OC)c1cccc(F)c1C)c1ccc2cn[nH]c2c1F. The summed E-state index contributed by atoms with van der Waals surface area (Å²) in [6.07, 6.45) is 2.23. The predicted molar refractivity (Wildman–Crippen MR) is 100 cm³/mol. The van der Waals surface area contributed by atoms with Gasteiger partial charge in [-0.15, -0.1) is 0 Å². The van der Waals surface area contributed by atoms with Crippen molar-refractivity contribution in [2.45, 2.75) is 25.7 Å². The molecule has 1 aromatic heterocycles. The van der Waals surface area contributed by atoms with E-state index in [2.05, 4.69) is 16.8 Å². The fourth-order valence-corrected chi connectivity index (χ4v) is 3.25. The van der Waals surface area contributed by atoms with E-state index in [0.717, 1.165) is 0 Å². The van der Waals surface area contributed by atoms with E-state index < -0.39 is 17.7 Å². The third-order valence-corrected chi connectivity index (χ3v) is 4.84. The topological polar surface area (TPSA) is 55.0 Å². The molecule has 3 rings (SSSR count). The Bertz CT molecular complexity index is 1010. The lowest BCUT2D eigenvalue weighted by molar-refractivity contribution is -0.142. The van der Waals surface area contributed by atoms with Gasteiger partial charge < -0.3 is 4.74 Å². The van der Waals surface area contributed by atoms with Crippen LogP contribution in [-0.4, -0.2) is 23.3 Å². The van der Waals surface area contributed by atoms with Crippen molar-refractivity contribution in [2.24, 2.45) is 0 Å². The van der Waals surface area contributed by atoms with Crippen molar-refractivity contribution in [3.8, 4) is 0 Å². The molecule has 140 valence electrons. The first-order valence-corrected chi connectivity index (χ1v) is 8.56. The number of nitrogens with zero attached hydrogens (tertiary/aromatic N) is 1. The van der Waals surface area contributed by atoms with Crippen LogP contribution in [0.4, 0.5) is 8.78 Å². The Balaban J connectivity index is 1.84. The lowest BCUT2D eigenvalue weighted by Crippen LogP contribution is -2.16. The molecule has 4 nitrogen and oxygen atoms in total. The number of nitrogens with one attached hydrogen (secondary N) is 1. The number of rotatable bonds is 6. The molecule has 0 radical (unpaired) electrons. The number of methoxy groups -OCH3 is 1. The van der Waals surface area contributed by atoms with Gasteiger partial charge >= 0.3 is 5.97 Å². The Kier molecular flexibility index (Phi) is 5.35. The van der Waals surface area contributed by atoms with Crippen LogP contribution in [0.15, 0.2) is 43.1 Å². The Morgan fingerprint density at radius 2 is 2.07 bits per heavy atom. The highest BCUT2D eigenvalue weighted by molar-refractivity contribution is 5.83. The van der Waals surface area contributed by atoms with Gasteiger partial charge in [0.2, 0.25) is 0 Å². The normalized spacial score (nSPS) is 12.1. The number of ether oxygens (including phenoxy) is 1. The first-order valence-electron chi connectivity index (χ1n) is 8.56. The number of fused-ring (bicyclic) bond motifs is 1. The van der Waals surface area contributed by atoms with Gasteiger partial charge in [-0.1, -0.05) is 30.8 Å². The molecule has 0 aliphatic heterocycles. The first kappa shape index (κ1) is 18.8. The molecule has 27 heavy (non-hydrogen) atoms. The number of carbonyl (C=O) groups is 1. The van der Waals surface area contributed by atoms with Crippen LogP contribution in [0, 0.1) is 18.6 Å². The summed E-state index contributed by atoms with van der Waals surface area (Å²) in [5.41, 5.74) is 2.21. The summed E-state index contributed by atoms with van der Waals surface area (Å²) >= 11 is 0. The van der Waals surface area contributed by atoms with Crippen LogP contribution in [-0.2, 0) is 9.53 Å². The number of aromatic amines is 1. The Hall–Kier alpha value is -3.02. The second-order valence-corrected chi connectivity index (χ2v) is 6.43. The van der Waals surface area contributed by atoms with E-state index in [1.54, 1.807) is 37.4 Å². The van der Waals surface area contributed by atoms with Gasteiger partial charge in [0.1, 0.15) is 11.3 Å². The highest BCUT2D eigenvalue weighted by Gasteiger charge is 2.25. The number of aromatic nitrogens is 2. The molecule has 0 aliphatic carbocycles. The monoisotopic (exact) mass is 370 g/mol. The standard InChI is InChI=1S/C21H20F2N2O2/c1-12(15-10-8-14-11-24-25-20(14)19(15)23)7-9-17(21(26)27-3)16-5-4-6-18(22)13(16)2/h4-6,8,10-11,17H,1,7,9H2,2-3H3,(H,24,25)/t17-/m1/s1. The maximum Gasteiger partial charge on any atom is 0.313 e. The average Bonchev–Trinajstić information content (AvgIpc) is 3.14. The van der Waals surface area contributed by atoms with Crippen LogP contribution >= 0.6 is 0 Å². The number of halogens is 2. The summed E-state index contributed by atoms with van der Waals surface area (Å²) in [6, 6.07) is 8.03. The predicted octanol–water partition coefficient (Wildman–Crippen LogP) is 4.90. The van der Waals surface area contributed by atoms with E-state index in [4.69, 9.17) is 4.74 Å². The first-order chi connectivity index (χ1) is 12.9. The van der Waals surface area contributed by atoms with Crippen molar-refractivity contribution in [1.29, 1.82) is 0 Å². The highest BCUT2D eigenvalue weighted by Crippen LogP contribution is 2.32. The Morgan fingerprint density at radius 3 is 2.81 bits per heavy atom. The minimum absolute atomic E-state index is 0.319. The van der Waals surface area contributed by atoms with Gasteiger partial charge in [0.15, 0.2) is 5.82 Å². The zero-order valence-corrected chi connectivity index (χ0v) is 15.2. The third kappa shape index (κ3) is 3.60. The van der Waals surface area contributed by atoms with Gasteiger partial charge in [0.25, 0.3) is 0 Å². The van der Waals surface area contributed by atoms with Crippen molar-refractivity contribution in [3.05, 3.63) is 71.4 Å². The third-order valence-electron chi connectivity index (χ3n) is 4.84. The Labute approximate surface area is 155 Å². The smallest absolute Gasteiger partial charge is 0.313 e. The molecule has 2 aromatic carbocycles. The number of carbonyl (C=O) groups excluding carboxylic acids is 1. The molecule has 0 saturated heterocycles. The van der Waals surface area contributed by atoms with Gasteiger partial charge in [-0.05, 0) is 42.5 Å². The van der Waals surface area contributed by atoms with Crippen LogP contribution in [0.5, 0.6) is 0 Å². The minimum Gasteiger partial charge on any atom is -0.469 e. The van der Waals surface area contributed by atoms with Crippen molar-refractivity contribution in [1.82, 2.24) is 10.2 Å². The molecule has 3 aromatic rings. The van der Waals surface area contributed by atoms with Crippen LogP contribution in [0.1, 0.15) is 35.4 Å². The van der Waals surface area contributed by atoms with E-state index in [1.165, 1.54) is 13.2 Å². The molecule has 1 heterocycles. The number of benzene rings is 2. The molecular formula is C21H20F2N2O2. The summed E-state index contributed by atoms with van der Waals surface area (Å²) in [6.45, 7) is 5.59. The fraction of sp³-hybridized carbons (Fsp3) is 0.238. The zero-order chi connectivity index (χ0) is 19.6. The van der Waals surface area contributed by atoms with E-state index in [0.29, 0.717) is 46.0 Å². The number of hydrogen-bond acceptors (Lipinski definition) is 3. The number of allylic oxidation sites excluding steroid dienone is 1. The number of hydrogen-bond donors (Lipinski definition) is 1. The molecule has 0 bridgehead atoms. The van der Waals surface area contributed by atoms with Crippen molar-refractivity contribution < 1.29 is 18.3 Å². The van der Waals surface area contributed by atoms with Gasteiger partial charge in [-0.25, -0.2) is 8.78 Å². The molecule has 0 fully saturated rings. The summed E-state index contributed by atoms with van der Waals surface area (Å²) in [5, 5.41) is 7.14. The van der Waals surface area contributed by atoms with Crippen LogP contribution in [0.25, 0.3) is 16.5 Å². The van der Waals surface area contributed by atoms with Gasteiger partial charge in [-0.2, -0.15) is 5.10 Å². The summed E-state index contributed by atoms with van der Waals surface area (Å²) in [5.74, 6) is -1.91. The molecule has 0 unspecified atom stereocenters. The molecule has 6 heteroatoms. The van der Waals surface area contributed by atoms with Crippen molar-refractivity contribution >= 4 is 22.4 Å². The lowest BCUT2D eigenvalue weighted by atomic mass is 9.88. The molecule has 0 spiro atoms. The number of H-pyrrole nitrogens is 1. The largest absolute Gasteiger partial charge is 0.469 e. The lowest BCUT2D eigenvalue weighted by Gasteiger charge is -2.18. The van der Waals surface area contributed by atoms with Crippen molar-refractivity contribution in [2.75, 3.05) is 7.11 Å². The summed E-state index contributed by atoms with van der Waals surface area (Å²) < 4.78 is 33.5.